The van der Waals surface area contributed by atoms with Crippen LogP contribution in [-0.4, -0.2) is 18.2 Å². The quantitative estimate of drug-likeness (QED) is 0.783. The largest absolute Gasteiger partial charge is 0.497 e. The summed E-state index contributed by atoms with van der Waals surface area (Å²) in [4.78, 5) is 12.1. The summed E-state index contributed by atoms with van der Waals surface area (Å²) < 4.78 is 10.3. The van der Waals surface area contributed by atoms with E-state index in [1.165, 1.54) is 0 Å². The Morgan fingerprint density at radius 2 is 1.87 bits per heavy atom. The maximum Gasteiger partial charge on any atom is 0.231 e. The normalized spacial score (nSPS) is 10.3. The van der Waals surface area contributed by atoms with Gasteiger partial charge in [-0.05, 0) is 17.7 Å². The van der Waals surface area contributed by atoms with Crippen molar-refractivity contribution in [2.24, 2.45) is 0 Å². The first-order valence-electron chi connectivity index (χ1n) is 7.19. The second-order valence-corrected chi connectivity index (χ2v) is 5.02. The van der Waals surface area contributed by atoms with Gasteiger partial charge in [-0.2, -0.15) is 0 Å². The van der Waals surface area contributed by atoms with E-state index in [2.05, 4.69) is 10.5 Å². The predicted molar refractivity (Wildman–Crippen MR) is 87.3 cm³/mol. The molecule has 116 valence electrons. The monoisotopic (exact) mass is 308 g/mol. The van der Waals surface area contributed by atoms with Crippen LogP contribution >= 0.6 is 0 Å². The number of hydrogen-bond donors (Lipinski definition) is 1. The highest BCUT2D eigenvalue weighted by Gasteiger charge is 2.10. The minimum Gasteiger partial charge on any atom is -0.497 e. The van der Waals surface area contributed by atoms with Gasteiger partial charge in [-0.3, -0.25) is 10.1 Å². The highest BCUT2D eigenvalue weighted by atomic mass is 16.5. The van der Waals surface area contributed by atoms with E-state index >= 15 is 0 Å². The molecule has 0 atom stereocenters. The lowest BCUT2D eigenvalue weighted by atomic mass is 10.1. The number of ether oxygens (including phenoxy) is 1. The summed E-state index contributed by atoms with van der Waals surface area (Å²) in [6.07, 6.45) is 0.255. The second-order valence-electron chi connectivity index (χ2n) is 5.02. The summed E-state index contributed by atoms with van der Waals surface area (Å²) in [5.41, 5.74) is 2.52. The number of nitrogens with zero attached hydrogens (tertiary/aromatic N) is 1. The summed E-state index contributed by atoms with van der Waals surface area (Å²) in [6, 6.07) is 18.7. The van der Waals surface area contributed by atoms with Crippen molar-refractivity contribution in [2.75, 3.05) is 12.4 Å². The summed E-state index contributed by atoms with van der Waals surface area (Å²) in [6.45, 7) is 0. The van der Waals surface area contributed by atoms with E-state index in [0.717, 1.165) is 16.9 Å². The minimum absolute atomic E-state index is 0.161. The Bertz CT molecular complexity index is 780. The SMILES string of the molecule is COc1ccc(CC(=O)Nc2cc(-c3ccccc3)no2)cc1. The van der Waals surface area contributed by atoms with Gasteiger partial charge in [-0.15, -0.1) is 0 Å². The standard InChI is InChI=1S/C18H16N2O3/c1-22-15-9-7-13(8-10-15)11-17(21)19-18-12-16(20-23-18)14-5-3-2-4-6-14/h2-10,12H,11H2,1H3,(H,19,21). The number of nitrogens with one attached hydrogen (secondary N) is 1. The Hall–Kier alpha value is -3.08. The molecule has 0 saturated carbocycles. The van der Waals surface area contributed by atoms with Gasteiger partial charge in [0.2, 0.25) is 11.8 Å². The molecule has 3 rings (SSSR count). The first kappa shape index (κ1) is 14.8. The van der Waals surface area contributed by atoms with Crippen LogP contribution in [0.2, 0.25) is 0 Å². The van der Waals surface area contributed by atoms with E-state index in [4.69, 9.17) is 9.26 Å². The topological polar surface area (TPSA) is 64.4 Å². The number of aromatic nitrogens is 1. The van der Waals surface area contributed by atoms with Crippen molar-refractivity contribution in [1.29, 1.82) is 0 Å². The van der Waals surface area contributed by atoms with Crippen LogP contribution < -0.4 is 10.1 Å². The average Bonchev–Trinajstić information content (AvgIpc) is 3.04. The third-order valence-electron chi connectivity index (χ3n) is 3.37. The van der Waals surface area contributed by atoms with Gasteiger partial charge in [0.05, 0.1) is 13.5 Å². The molecular formula is C18H16N2O3. The summed E-state index contributed by atoms with van der Waals surface area (Å²) >= 11 is 0. The van der Waals surface area contributed by atoms with Crippen molar-refractivity contribution in [2.45, 2.75) is 6.42 Å². The van der Waals surface area contributed by atoms with Crippen LogP contribution in [0, 0.1) is 0 Å². The minimum atomic E-state index is -0.161. The van der Waals surface area contributed by atoms with E-state index < -0.39 is 0 Å². The lowest BCUT2D eigenvalue weighted by molar-refractivity contribution is -0.115. The van der Waals surface area contributed by atoms with Crippen LogP contribution in [0.25, 0.3) is 11.3 Å². The molecule has 5 heteroatoms. The molecular weight excluding hydrogens is 292 g/mol. The highest BCUT2D eigenvalue weighted by Crippen LogP contribution is 2.21. The summed E-state index contributed by atoms with van der Waals surface area (Å²) in [5, 5.41) is 6.67. The van der Waals surface area contributed by atoms with E-state index in [1.54, 1.807) is 13.2 Å². The first-order valence-corrected chi connectivity index (χ1v) is 7.19. The smallest absolute Gasteiger partial charge is 0.231 e. The van der Waals surface area contributed by atoms with Gasteiger partial charge >= 0.3 is 0 Å². The molecule has 1 heterocycles. The van der Waals surface area contributed by atoms with E-state index in [-0.39, 0.29) is 12.3 Å². The number of carbonyl (C=O) groups excluding carboxylic acids is 1. The Kier molecular flexibility index (Phi) is 4.38. The van der Waals surface area contributed by atoms with Gasteiger partial charge in [-0.25, -0.2) is 0 Å². The number of carbonyl (C=O) groups is 1. The number of anilines is 1. The van der Waals surface area contributed by atoms with Crippen molar-refractivity contribution >= 4 is 11.8 Å². The summed E-state index contributed by atoms with van der Waals surface area (Å²) in [7, 11) is 1.61. The third-order valence-corrected chi connectivity index (χ3v) is 3.37. The molecule has 0 aliphatic carbocycles. The highest BCUT2D eigenvalue weighted by molar-refractivity contribution is 5.91. The Morgan fingerprint density at radius 3 is 2.57 bits per heavy atom. The molecule has 0 aliphatic heterocycles. The lowest BCUT2D eigenvalue weighted by Gasteiger charge is -2.03. The number of benzene rings is 2. The molecule has 1 aromatic heterocycles. The number of hydrogen-bond acceptors (Lipinski definition) is 4. The van der Waals surface area contributed by atoms with Crippen LogP contribution in [0.1, 0.15) is 5.56 Å². The van der Waals surface area contributed by atoms with Crippen molar-refractivity contribution in [3.05, 3.63) is 66.2 Å². The van der Waals surface area contributed by atoms with Crippen LogP contribution in [0.4, 0.5) is 5.88 Å². The van der Waals surface area contributed by atoms with Crippen LogP contribution in [-0.2, 0) is 11.2 Å². The molecule has 0 fully saturated rings. The van der Waals surface area contributed by atoms with Crippen LogP contribution in [0.5, 0.6) is 5.75 Å². The Labute approximate surface area is 133 Å². The van der Waals surface area contributed by atoms with Crippen molar-refractivity contribution < 1.29 is 14.1 Å². The van der Waals surface area contributed by atoms with Gasteiger partial charge in [0.15, 0.2) is 0 Å². The first-order chi connectivity index (χ1) is 11.2. The van der Waals surface area contributed by atoms with Gasteiger partial charge < -0.3 is 9.26 Å². The molecule has 23 heavy (non-hydrogen) atoms. The van der Waals surface area contributed by atoms with Crippen LogP contribution in [0.15, 0.2) is 65.2 Å². The maximum atomic E-state index is 12.1. The average molecular weight is 308 g/mol. The molecule has 2 aromatic carbocycles. The Balaban J connectivity index is 1.63. The van der Waals surface area contributed by atoms with Gasteiger partial charge in [-0.1, -0.05) is 47.6 Å². The van der Waals surface area contributed by atoms with E-state index in [1.807, 2.05) is 54.6 Å². The van der Waals surface area contributed by atoms with E-state index in [9.17, 15) is 4.79 Å². The van der Waals surface area contributed by atoms with Gasteiger partial charge in [0.1, 0.15) is 11.4 Å². The summed E-state index contributed by atoms with van der Waals surface area (Å²) in [5.74, 6) is 0.935. The van der Waals surface area contributed by atoms with Gasteiger partial charge in [0, 0.05) is 11.6 Å². The molecule has 1 amide bonds. The predicted octanol–water partition coefficient (Wildman–Crippen LogP) is 3.53. The molecule has 0 spiro atoms. The molecule has 1 N–H and O–H groups in total. The Morgan fingerprint density at radius 1 is 1.13 bits per heavy atom. The number of rotatable bonds is 5. The van der Waals surface area contributed by atoms with Crippen molar-refractivity contribution in [1.82, 2.24) is 5.16 Å². The maximum absolute atomic E-state index is 12.1. The van der Waals surface area contributed by atoms with Crippen molar-refractivity contribution in [3.63, 3.8) is 0 Å². The molecule has 0 bridgehead atoms. The molecule has 0 unspecified atom stereocenters. The molecule has 3 aromatic rings. The van der Waals surface area contributed by atoms with Crippen LogP contribution in [0.3, 0.4) is 0 Å². The zero-order valence-electron chi connectivity index (χ0n) is 12.7. The fraction of sp³-hybridized carbons (Fsp3) is 0.111. The second kappa shape index (κ2) is 6.79. The number of amides is 1. The van der Waals surface area contributed by atoms with Gasteiger partial charge in [0.25, 0.3) is 0 Å². The zero-order chi connectivity index (χ0) is 16.1. The zero-order valence-corrected chi connectivity index (χ0v) is 12.7. The van der Waals surface area contributed by atoms with E-state index in [0.29, 0.717) is 11.6 Å². The molecule has 0 saturated heterocycles. The third kappa shape index (κ3) is 3.77. The lowest BCUT2D eigenvalue weighted by Crippen LogP contribution is -2.13. The van der Waals surface area contributed by atoms with Crippen molar-refractivity contribution in [3.8, 4) is 17.0 Å². The molecule has 0 aliphatic rings. The fourth-order valence-electron chi connectivity index (χ4n) is 2.19. The molecule has 5 nitrogen and oxygen atoms in total. The fourth-order valence-corrected chi connectivity index (χ4v) is 2.19. The molecule has 0 radical (unpaired) electrons. The number of methoxy groups -OCH3 is 1.